The molecule has 11 heavy (non-hydrogen) atoms. The van der Waals surface area contributed by atoms with Crippen molar-refractivity contribution < 1.29 is 0 Å². The lowest BCUT2D eigenvalue weighted by Crippen LogP contribution is -1.71. The first kappa shape index (κ1) is 8.94. The zero-order valence-corrected chi connectivity index (χ0v) is 9.18. The zero-order valence-electron chi connectivity index (χ0n) is 6.01. The fraction of sp³-hybridized carbons (Fsp3) is 0.125. The van der Waals surface area contributed by atoms with E-state index in [0.717, 1.165) is 14.6 Å². The molecule has 0 heterocycles. The van der Waals surface area contributed by atoms with Crippen molar-refractivity contribution in [3.05, 3.63) is 27.1 Å². The molecule has 0 radical (unpaired) electrons. The average Bonchev–Trinajstić information content (AvgIpc) is 1.97. The van der Waals surface area contributed by atoms with Gasteiger partial charge >= 0.3 is 0 Å². The molecule has 0 fully saturated rings. The minimum absolute atomic E-state index is 0.940. The lowest BCUT2D eigenvalue weighted by molar-refractivity contribution is 1.46. The van der Waals surface area contributed by atoms with Gasteiger partial charge in [-0.25, -0.2) is 0 Å². The molecule has 1 rings (SSSR count). The van der Waals surface area contributed by atoms with Crippen molar-refractivity contribution in [2.45, 2.75) is 6.92 Å². The standard InChI is InChI=1S/C8H7Br2N/c1-2-11-8-6(9)4-3-5-7(8)10/h2-5H,1H3. The van der Waals surface area contributed by atoms with Gasteiger partial charge in [-0.3, -0.25) is 4.99 Å². The Kier molecular flexibility index (Phi) is 3.27. The second kappa shape index (κ2) is 4.02. The maximum atomic E-state index is 4.19. The lowest BCUT2D eigenvalue weighted by atomic mass is 10.3. The van der Waals surface area contributed by atoms with Gasteiger partial charge in [-0.05, 0) is 50.9 Å². The van der Waals surface area contributed by atoms with Crippen molar-refractivity contribution in [1.82, 2.24) is 0 Å². The van der Waals surface area contributed by atoms with E-state index in [0.29, 0.717) is 0 Å². The van der Waals surface area contributed by atoms with Gasteiger partial charge < -0.3 is 0 Å². The summed E-state index contributed by atoms with van der Waals surface area (Å²) in [5.41, 5.74) is 0.940. The molecule has 0 N–H and O–H groups in total. The molecule has 0 spiro atoms. The summed E-state index contributed by atoms with van der Waals surface area (Å²) in [4.78, 5) is 4.19. The second-order valence-electron chi connectivity index (χ2n) is 1.96. The highest BCUT2D eigenvalue weighted by Gasteiger charge is 1.99. The van der Waals surface area contributed by atoms with Crippen LogP contribution in [-0.2, 0) is 0 Å². The number of hydrogen-bond donors (Lipinski definition) is 0. The van der Waals surface area contributed by atoms with Gasteiger partial charge in [-0.1, -0.05) is 6.07 Å². The molecule has 58 valence electrons. The molecular weight excluding hydrogens is 270 g/mol. The van der Waals surface area contributed by atoms with Crippen molar-refractivity contribution in [3.63, 3.8) is 0 Å². The van der Waals surface area contributed by atoms with E-state index in [9.17, 15) is 0 Å². The summed E-state index contributed by atoms with van der Waals surface area (Å²) in [6.07, 6.45) is 1.77. The zero-order chi connectivity index (χ0) is 8.27. The van der Waals surface area contributed by atoms with Crippen molar-refractivity contribution >= 4 is 43.8 Å². The number of hydrogen-bond acceptors (Lipinski definition) is 1. The fourth-order valence-electron chi connectivity index (χ4n) is 0.741. The average molecular weight is 277 g/mol. The van der Waals surface area contributed by atoms with Crippen LogP contribution in [-0.4, -0.2) is 6.21 Å². The summed E-state index contributed by atoms with van der Waals surface area (Å²) in [7, 11) is 0. The van der Waals surface area contributed by atoms with E-state index in [-0.39, 0.29) is 0 Å². The van der Waals surface area contributed by atoms with E-state index in [4.69, 9.17) is 0 Å². The van der Waals surface area contributed by atoms with Crippen molar-refractivity contribution in [2.24, 2.45) is 4.99 Å². The number of aliphatic imine (C=N–C) groups is 1. The Balaban J connectivity index is 3.20. The van der Waals surface area contributed by atoms with Crippen LogP contribution in [0.1, 0.15) is 6.92 Å². The molecule has 1 aromatic rings. The lowest BCUT2D eigenvalue weighted by Gasteiger charge is -1.99. The quantitative estimate of drug-likeness (QED) is 0.689. The minimum Gasteiger partial charge on any atom is -0.259 e. The second-order valence-corrected chi connectivity index (χ2v) is 3.67. The first-order valence-electron chi connectivity index (χ1n) is 3.18. The Hall–Kier alpha value is -0.150. The maximum Gasteiger partial charge on any atom is 0.0909 e. The molecule has 0 aliphatic rings. The Labute approximate surface area is 82.8 Å². The van der Waals surface area contributed by atoms with Gasteiger partial charge in [-0.2, -0.15) is 0 Å². The number of para-hydroxylation sites is 1. The van der Waals surface area contributed by atoms with E-state index in [1.807, 2.05) is 25.1 Å². The minimum atomic E-state index is 0.940. The maximum absolute atomic E-state index is 4.19. The molecule has 1 aromatic carbocycles. The molecule has 0 aliphatic carbocycles. The normalized spacial score (nSPS) is 10.8. The summed E-state index contributed by atoms with van der Waals surface area (Å²) >= 11 is 6.81. The number of nitrogens with zero attached hydrogens (tertiary/aromatic N) is 1. The van der Waals surface area contributed by atoms with Crippen molar-refractivity contribution in [2.75, 3.05) is 0 Å². The van der Waals surface area contributed by atoms with Gasteiger partial charge in [0.2, 0.25) is 0 Å². The SMILES string of the molecule is CC=Nc1c(Br)cccc1Br. The topological polar surface area (TPSA) is 12.4 Å². The van der Waals surface area contributed by atoms with Crippen LogP contribution in [0, 0.1) is 0 Å². The summed E-state index contributed by atoms with van der Waals surface area (Å²) < 4.78 is 2.01. The first-order chi connectivity index (χ1) is 5.25. The Morgan fingerprint density at radius 2 is 1.82 bits per heavy atom. The predicted octanol–water partition coefficient (Wildman–Crippen LogP) is 3.93. The summed E-state index contributed by atoms with van der Waals surface area (Å²) in [5, 5.41) is 0. The van der Waals surface area contributed by atoms with Crippen LogP contribution in [0.4, 0.5) is 5.69 Å². The molecular formula is C8H7Br2N. The van der Waals surface area contributed by atoms with Gasteiger partial charge in [0, 0.05) is 15.2 Å². The van der Waals surface area contributed by atoms with Crippen LogP contribution in [0.2, 0.25) is 0 Å². The predicted molar refractivity (Wildman–Crippen MR) is 55.7 cm³/mol. The molecule has 0 saturated carbocycles. The van der Waals surface area contributed by atoms with Crippen LogP contribution < -0.4 is 0 Å². The number of halogens is 2. The molecule has 3 heteroatoms. The highest BCUT2D eigenvalue weighted by atomic mass is 79.9. The van der Waals surface area contributed by atoms with Crippen LogP contribution in [0.3, 0.4) is 0 Å². The van der Waals surface area contributed by atoms with Gasteiger partial charge in [0.1, 0.15) is 0 Å². The fourth-order valence-corrected chi connectivity index (χ4v) is 1.94. The summed E-state index contributed by atoms with van der Waals surface area (Å²) in [6, 6.07) is 5.89. The molecule has 1 nitrogen and oxygen atoms in total. The van der Waals surface area contributed by atoms with E-state index in [2.05, 4.69) is 36.9 Å². The van der Waals surface area contributed by atoms with Crippen LogP contribution in [0.15, 0.2) is 32.1 Å². The molecule has 0 atom stereocenters. The van der Waals surface area contributed by atoms with Crippen LogP contribution in [0.5, 0.6) is 0 Å². The molecule has 0 aromatic heterocycles. The summed E-state index contributed by atoms with van der Waals surface area (Å²) in [6.45, 7) is 1.89. The van der Waals surface area contributed by atoms with E-state index in [1.54, 1.807) is 6.21 Å². The number of rotatable bonds is 1. The molecule has 0 bridgehead atoms. The van der Waals surface area contributed by atoms with Gasteiger partial charge in [-0.15, -0.1) is 0 Å². The smallest absolute Gasteiger partial charge is 0.0909 e. The third kappa shape index (κ3) is 2.14. The van der Waals surface area contributed by atoms with Crippen molar-refractivity contribution in [3.8, 4) is 0 Å². The Bertz CT molecular complexity index is 261. The first-order valence-corrected chi connectivity index (χ1v) is 4.77. The van der Waals surface area contributed by atoms with Gasteiger partial charge in [0.15, 0.2) is 0 Å². The monoisotopic (exact) mass is 275 g/mol. The Morgan fingerprint density at radius 1 is 1.27 bits per heavy atom. The third-order valence-electron chi connectivity index (χ3n) is 1.20. The highest BCUT2D eigenvalue weighted by Crippen LogP contribution is 2.32. The van der Waals surface area contributed by atoms with Crippen LogP contribution >= 0.6 is 31.9 Å². The van der Waals surface area contributed by atoms with E-state index in [1.165, 1.54) is 0 Å². The largest absolute Gasteiger partial charge is 0.259 e. The van der Waals surface area contributed by atoms with Gasteiger partial charge in [0.05, 0.1) is 5.69 Å². The van der Waals surface area contributed by atoms with Gasteiger partial charge in [0.25, 0.3) is 0 Å². The van der Waals surface area contributed by atoms with E-state index < -0.39 is 0 Å². The molecule has 0 unspecified atom stereocenters. The number of benzene rings is 1. The molecule has 0 aliphatic heterocycles. The van der Waals surface area contributed by atoms with Crippen LogP contribution in [0.25, 0.3) is 0 Å². The highest BCUT2D eigenvalue weighted by molar-refractivity contribution is 9.11. The Morgan fingerprint density at radius 3 is 2.27 bits per heavy atom. The third-order valence-corrected chi connectivity index (χ3v) is 2.48. The molecule has 0 saturated heterocycles. The van der Waals surface area contributed by atoms with Crippen molar-refractivity contribution in [1.29, 1.82) is 0 Å². The molecule has 0 amide bonds. The van der Waals surface area contributed by atoms with E-state index >= 15 is 0 Å². The summed E-state index contributed by atoms with van der Waals surface area (Å²) in [5.74, 6) is 0.